The number of hydrogen-bond acceptors (Lipinski definition) is 5. The van der Waals surface area contributed by atoms with Gasteiger partial charge in [-0.25, -0.2) is 4.98 Å². The quantitative estimate of drug-likeness (QED) is 0.811. The molecule has 6 heteroatoms. The van der Waals surface area contributed by atoms with E-state index in [0.29, 0.717) is 13.1 Å². The van der Waals surface area contributed by atoms with Crippen LogP contribution in [0.5, 0.6) is 0 Å². The van der Waals surface area contributed by atoms with Gasteiger partial charge in [0.2, 0.25) is 0 Å². The molecule has 2 aliphatic heterocycles. The van der Waals surface area contributed by atoms with Crippen molar-refractivity contribution >= 4 is 27.5 Å². The van der Waals surface area contributed by atoms with Crippen LogP contribution in [0, 0.1) is 0 Å². The van der Waals surface area contributed by atoms with Crippen LogP contribution in [0.1, 0.15) is 29.6 Å². The van der Waals surface area contributed by atoms with Gasteiger partial charge in [-0.15, -0.1) is 11.3 Å². The molecule has 22 heavy (non-hydrogen) atoms. The molecule has 2 aliphatic rings. The first-order valence-electron chi connectivity index (χ1n) is 7.66. The fourth-order valence-corrected chi connectivity index (χ4v) is 3.84. The number of ether oxygens (including phenoxy) is 2. The van der Waals surface area contributed by atoms with Gasteiger partial charge in [0, 0.05) is 31.5 Å². The highest BCUT2D eigenvalue weighted by molar-refractivity contribution is 7.16. The van der Waals surface area contributed by atoms with E-state index in [4.69, 9.17) is 9.47 Å². The first-order valence-corrected chi connectivity index (χ1v) is 8.54. The van der Waals surface area contributed by atoms with Crippen molar-refractivity contribution in [1.29, 1.82) is 0 Å². The zero-order valence-electron chi connectivity index (χ0n) is 12.3. The Hall–Kier alpha value is -1.50. The smallest absolute Gasteiger partial charge is 0.253 e. The number of aromatic nitrogens is 1. The Morgan fingerprint density at radius 1 is 1.23 bits per heavy atom. The molecule has 2 fully saturated rings. The van der Waals surface area contributed by atoms with Gasteiger partial charge in [0.25, 0.3) is 5.91 Å². The van der Waals surface area contributed by atoms with Crippen molar-refractivity contribution in [3.8, 4) is 0 Å². The first-order chi connectivity index (χ1) is 10.8. The van der Waals surface area contributed by atoms with Gasteiger partial charge in [0.1, 0.15) is 0 Å². The second kappa shape index (κ2) is 5.61. The molecule has 0 aliphatic carbocycles. The third-order valence-corrected chi connectivity index (χ3v) is 5.20. The number of benzene rings is 1. The number of likely N-dealkylation sites (tertiary alicyclic amines) is 1. The highest BCUT2D eigenvalue weighted by Gasteiger charge is 2.39. The van der Waals surface area contributed by atoms with E-state index in [-0.39, 0.29) is 5.91 Å². The predicted molar refractivity (Wildman–Crippen MR) is 84.0 cm³/mol. The van der Waals surface area contributed by atoms with Crippen molar-refractivity contribution in [2.45, 2.75) is 25.0 Å². The lowest BCUT2D eigenvalue weighted by Crippen LogP contribution is -2.51. The van der Waals surface area contributed by atoms with Gasteiger partial charge in [0.05, 0.1) is 28.9 Å². The molecule has 4 rings (SSSR count). The molecular formula is C16H18N2O3S. The van der Waals surface area contributed by atoms with Crippen LogP contribution in [0.15, 0.2) is 23.7 Å². The number of rotatable bonds is 1. The van der Waals surface area contributed by atoms with Crippen molar-refractivity contribution < 1.29 is 14.3 Å². The van der Waals surface area contributed by atoms with Crippen LogP contribution in [0.3, 0.4) is 0 Å². The normalized spacial score (nSPS) is 21.4. The summed E-state index contributed by atoms with van der Waals surface area (Å²) in [7, 11) is 0. The van der Waals surface area contributed by atoms with Crippen LogP contribution < -0.4 is 0 Å². The summed E-state index contributed by atoms with van der Waals surface area (Å²) in [5.74, 6) is -0.364. The maximum absolute atomic E-state index is 12.7. The van der Waals surface area contributed by atoms with Crippen LogP contribution in [-0.2, 0) is 9.47 Å². The SMILES string of the molecule is O=C(c1ccc2ncsc2c1)N1CCC2(CC1)OCCCO2. The summed E-state index contributed by atoms with van der Waals surface area (Å²) < 4.78 is 12.7. The molecule has 0 atom stereocenters. The Labute approximate surface area is 132 Å². The van der Waals surface area contributed by atoms with Crippen molar-refractivity contribution in [2.24, 2.45) is 0 Å². The van der Waals surface area contributed by atoms with Gasteiger partial charge in [-0.2, -0.15) is 0 Å². The molecule has 5 nitrogen and oxygen atoms in total. The maximum atomic E-state index is 12.7. The maximum Gasteiger partial charge on any atom is 0.253 e. The minimum Gasteiger partial charge on any atom is -0.350 e. The Morgan fingerprint density at radius 3 is 2.77 bits per heavy atom. The lowest BCUT2D eigenvalue weighted by Gasteiger charge is -2.43. The Morgan fingerprint density at radius 2 is 2.00 bits per heavy atom. The number of piperidine rings is 1. The summed E-state index contributed by atoms with van der Waals surface area (Å²) in [6.07, 6.45) is 2.46. The summed E-state index contributed by atoms with van der Waals surface area (Å²) in [4.78, 5) is 18.8. The average molecular weight is 318 g/mol. The van der Waals surface area contributed by atoms with Crippen molar-refractivity contribution in [3.63, 3.8) is 0 Å². The molecule has 2 saturated heterocycles. The van der Waals surface area contributed by atoms with Crippen LogP contribution in [0.25, 0.3) is 10.2 Å². The van der Waals surface area contributed by atoms with Gasteiger partial charge in [-0.1, -0.05) is 0 Å². The molecule has 1 spiro atoms. The lowest BCUT2D eigenvalue weighted by molar-refractivity contribution is -0.281. The molecule has 1 aromatic heterocycles. The van der Waals surface area contributed by atoms with Crippen molar-refractivity contribution in [1.82, 2.24) is 9.88 Å². The number of hydrogen-bond donors (Lipinski definition) is 0. The highest BCUT2D eigenvalue weighted by Crippen LogP contribution is 2.31. The molecule has 0 unspecified atom stereocenters. The van der Waals surface area contributed by atoms with E-state index < -0.39 is 5.79 Å². The third kappa shape index (κ3) is 2.51. The summed E-state index contributed by atoms with van der Waals surface area (Å²) in [5.41, 5.74) is 3.49. The number of nitrogens with zero attached hydrogens (tertiary/aromatic N) is 2. The molecule has 0 saturated carbocycles. The van der Waals surface area contributed by atoms with Gasteiger partial charge in [-0.05, 0) is 24.6 Å². The Kier molecular flexibility index (Phi) is 3.60. The number of amides is 1. The fourth-order valence-electron chi connectivity index (χ4n) is 3.13. The number of carbonyl (C=O) groups is 1. The van der Waals surface area contributed by atoms with Gasteiger partial charge in [0.15, 0.2) is 5.79 Å². The largest absolute Gasteiger partial charge is 0.350 e. The van der Waals surface area contributed by atoms with Crippen LogP contribution >= 0.6 is 11.3 Å². The first kappa shape index (κ1) is 14.1. The van der Waals surface area contributed by atoms with Crippen LogP contribution in [-0.4, -0.2) is 47.9 Å². The predicted octanol–water partition coefficient (Wildman–Crippen LogP) is 2.67. The fraction of sp³-hybridized carbons (Fsp3) is 0.500. The van der Waals surface area contributed by atoms with E-state index in [2.05, 4.69) is 4.98 Å². The van der Waals surface area contributed by atoms with E-state index in [0.717, 1.165) is 48.3 Å². The molecule has 0 bridgehead atoms. The van der Waals surface area contributed by atoms with Crippen molar-refractivity contribution in [2.75, 3.05) is 26.3 Å². The standard InChI is InChI=1S/C16H18N2O3S/c19-15(12-2-3-13-14(10-12)22-11-17-13)18-6-4-16(5-7-18)20-8-1-9-21-16/h2-3,10-11H,1,4-9H2. The van der Waals surface area contributed by atoms with E-state index >= 15 is 0 Å². The Bertz CT molecular complexity index is 684. The van der Waals surface area contributed by atoms with Gasteiger partial charge >= 0.3 is 0 Å². The van der Waals surface area contributed by atoms with Gasteiger partial charge in [-0.3, -0.25) is 4.79 Å². The minimum absolute atomic E-state index is 0.0842. The molecule has 2 aromatic rings. The summed E-state index contributed by atoms with van der Waals surface area (Å²) >= 11 is 1.56. The lowest BCUT2D eigenvalue weighted by atomic mass is 10.0. The van der Waals surface area contributed by atoms with E-state index in [1.807, 2.05) is 23.1 Å². The third-order valence-electron chi connectivity index (χ3n) is 4.41. The molecule has 116 valence electrons. The van der Waals surface area contributed by atoms with Crippen molar-refractivity contribution in [3.05, 3.63) is 29.3 Å². The Balaban J connectivity index is 1.47. The molecule has 1 amide bonds. The molecule has 1 aromatic carbocycles. The van der Waals surface area contributed by atoms with Crippen LogP contribution in [0.4, 0.5) is 0 Å². The highest BCUT2D eigenvalue weighted by atomic mass is 32.1. The molecule has 0 radical (unpaired) electrons. The zero-order valence-corrected chi connectivity index (χ0v) is 13.1. The minimum atomic E-state index is -0.448. The molecule has 3 heterocycles. The van der Waals surface area contributed by atoms with Gasteiger partial charge < -0.3 is 14.4 Å². The van der Waals surface area contributed by atoms with Crippen LogP contribution in [0.2, 0.25) is 0 Å². The summed E-state index contributed by atoms with van der Waals surface area (Å²) in [6.45, 7) is 2.88. The topological polar surface area (TPSA) is 51.7 Å². The second-order valence-corrected chi connectivity index (χ2v) is 6.67. The summed E-state index contributed by atoms with van der Waals surface area (Å²) in [6, 6.07) is 5.72. The number of thiazole rings is 1. The number of fused-ring (bicyclic) bond motifs is 1. The molecular weight excluding hydrogens is 300 g/mol. The van der Waals surface area contributed by atoms with E-state index in [9.17, 15) is 4.79 Å². The molecule has 0 N–H and O–H groups in total. The zero-order chi connectivity index (χ0) is 15.0. The number of carbonyl (C=O) groups excluding carboxylic acids is 1. The second-order valence-electron chi connectivity index (χ2n) is 5.79. The van der Waals surface area contributed by atoms with E-state index in [1.54, 1.807) is 16.8 Å². The summed E-state index contributed by atoms with van der Waals surface area (Å²) in [5, 5.41) is 0. The monoisotopic (exact) mass is 318 g/mol. The van der Waals surface area contributed by atoms with E-state index in [1.165, 1.54) is 0 Å². The average Bonchev–Trinajstić information content (AvgIpc) is 3.03.